The van der Waals surface area contributed by atoms with Gasteiger partial charge in [-0.3, -0.25) is 0 Å². The van der Waals surface area contributed by atoms with Crippen LogP contribution in [0.4, 0.5) is 0 Å². The maximum atomic E-state index is 4.96. The SMILES string of the molecule is CNC(C)(c1nc2c(s1)CCCC2)C1(C)CC1. The highest BCUT2D eigenvalue weighted by molar-refractivity contribution is 7.11. The molecular formula is C14H22N2S. The Labute approximate surface area is 108 Å². The number of nitrogens with one attached hydrogen (secondary N) is 1. The molecule has 1 unspecified atom stereocenters. The lowest BCUT2D eigenvalue weighted by Gasteiger charge is -2.34. The van der Waals surface area contributed by atoms with E-state index >= 15 is 0 Å². The number of rotatable bonds is 3. The summed E-state index contributed by atoms with van der Waals surface area (Å²) in [5.41, 5.74) is 1.89. The zero-order valence-corrected chi connectivity index (χ0v) is 11.9. The summed E-state index contributed by atoms with van der Waals surface area (Å²) < 4.78 is 0. The fourth-order valence-corrected chi connectivity index (χ4v) is 4.37. The molecule has 0 amide bonds. The summed E-state index contributed by atoms with van der Waals surface area (Å²) in [4.78, 5) is 6.51. The molecule has 2 aliphatic rings. The Kier molecular flexibility index (Phi) is 2.60. The van der Waals surface area contributed by atoms with Gasteiger partial charge in [0.1, 0.15) is 5.01 Å². The van der Waals surface area contributed by atoms with E-state index in [1.54, 1.807) is 4.88 Å². The number of hydrogen-bond donors (Lipinski definition) is 1. The highest BCUT2D eigenvalue weighted by atomic mass is 32.1. The van der Waals surface area contributed by atoms with Gasteiger partial charge in [-0.1, -0.05) is 6.92 Å². The summed E-state index contributed by atoms with van der Waals surface area (Å²) >= 11 is 1.96. The van der Waals surface area contributed by atoms with Crippen LogP contribution >= 0.6 is 11.3 Å². The van der Waals surface area contributed by atoms with Crippen molar-refractivity contribution in [2.45, 2.75) is 57.9 Å². The Balaban J connectivity index is 1.99. The fourth-order valence-electron chi connectivity index (χ4n) is 2.92. The van der Waals surface area contributed by atoms with Crippen molar-refractivity contribution in [1.82, 2.24) is 10.3 Å². The van der Waals surface area contributed by atoms with E-state index in [2.05, 4.69) is 26.2 Å². The lowest BCUT2D eigenvalue weighted by atomic mass is 9.84. The van der Waals surface area contributed by atoms with E-state index in [0.717, 1.165) is 0 Å². The number of hydrogen-bond acceptors (Lipinski definition) is 3. The third-order valence-corrected chi connectivity index (χ3v) is 6.36. The second-order valence-electron chi connectivity index (χ2n) is 6.03. The lowest BCUT2D eigenvalue weighted by Crippen LogP contribution is -2.44. The third-order valence-electron chi connectivity index (χ3n) is 4.98. The average molecular weight is 250 g/mol. The van der Waals surface area contributed by atoms with Crippen LogP contribution in [0.2, 0.25) is 0 Å². The van der Waals surface area contributed by atoms with Crippen molar-refractivity contribution < 1.29 is 0 Å². The number of aryl methyl sites for hydroxylation is 2. The van der Waals surface area contributed by atoms with Crippen LogP contribution in [0.15, 0.2) is 0 Å². The molecule has 17 heavy (non-hydrogen) atoms. The van der Waals surface area contributed by atoms with E-state index in [9.17, 15) is 0 Å². The fraction of sp³-hybridized carbons (Fsp3) is 0.786. The van der Waals surface area contributed by atoms with Crippen molar-refractivity contribution >= 4 is 11.3 Å². The molecule has 1 N–H and O–H groups in total. The van der Waals surface area contributed by atoms with Crippen LogP contribution < -0.4 is 5.32 Å². The topological polar surface area (TPSA) is 24.9 Å². The van der Waals surface area contributed by atoms with Crippen molar-refractivity contribution in [3.63, 3.8) is 0 Å². The molecule has 0 aromatic carbocycles. The van der Waals surface area contributed by atoms with Crippen molar-refractivity contribution in [3.05, 3.63) is 15.6 Å². The van der Waals surface area contributed by atoms with E-state index in [4.69, 9.17) is 4.98 Å². The molecule has 1 saturated carbocycles. The minimum absolute atomic E-state index is 0.0784. The van der Waals surface area contributed by atoms with Crippen LogP contribution in [0.25, 0.3) is 0 Å². The molecule has 0 radical (unpaired) electrons. The Bertz CT molecular complexity index is 410. The van der Waals surface area contributed by atoms with E-state index in [1.807, 2.05) is 11.3 Å². The summed E-state index contributed by atoms with van der Waals surface area (Å²) in [6.07, 6.45) is 7.78. The second-order valence-corrected chi connectivity index (χ2v) is 7.12. The first-order valence-corrected chi connectivity index (χ1v) is 7.59. The van der Waals surface area contributed by atoms with Gasteiger partial charge in [-0.2, -0.15) is 0 Å². The Morgan fingerprint density at radius 1 is 1.29 bits per heavy atom. The standard InChI is InChI=1S/C14H22N2S/c1-13(8-9-13)14(2,15-3)12-16-10-6-4-5-7-11(10)17-12/h15H,4-9H2,1-3H3. The maximum Gasteiger partial charge on any atom is 0.114 e. The first-order chi connectivity index (χ1) is 8.09. The van der Waals surface area contributed by atoms with Gasteiger partial charge < -0.3 is 5.32 Å². The molecule has 3 rings (SSSR count). The van der Waals surface area contributed by atoms with Gasteiger partial charge >= 0.3 is 0 Å². The van der Waals surface area contributed by atoms with Crippen molar-refractivity contribution in [1.29, 1.82) is 0 Å². The molecule has 1 fully saturated rings. The molecule has 0 aliphatic heterocycles. The zero-order valence-electron chi connectivity index (χ0n) is 11.1. The predicted octanol–water partition coefficient (Wildman–Crippen LogP) is 3.26. The largest absolute Gasteiger partial charge is 0.308 e. The van der Waals surface area contributed by atoms with Gasteiger partial charge in [0.15, 0.2) is 0 Å². The van der Waals surface area contributed by atoms with Gasteiger partial charge in [-0.15, -0.1) is 11.3 Å². The average Bonchev–Trinajstić information content (AvgIpc) is 2.96. The molecule has 0 spiro atoms. The van der Waals surface area contributed by atoms with Crippen molar-refractivity contribution in [3.8, 4) is 0 Å². The van der Waals surface area contributed by atoms with Crippen LogP contribution in [0, 0.1) is 5.41 Å². The quantitative estimate of drug-likeness (QED) is 0.890. The molecule has 0 saturated heterocycles. The summed E-state index contributed by atoms with van der Waals surface area (Å²) in [5.74, 6) is 0. The van der Waals surface area contributed by atoms with Gasteiger partial charge in [0.2, 0.25) is 0 Å². The number of nitrogens with zero attached hydrogens (tertiary/aromatic N) is 1. The summed E-state index contributed by atoms with van der Waals surface area (Å²) in [7, 11) is 2.09. The molecular weight excluding hydrogens is 228 g/mol. The van der Waals surface area contributed by atoms with E-state index in [1.165, 1.54) is 49.2 Å². The normalized spacial score (nSPS) is 25.1. The zero-order chi connectivity index (χ0) is 12.1. The highest BCUT2D eigenvalue weighted by Crippen LogP contribution is 2.58. The summed E-state index contributed by atoms with van der Waals surface area (Å²) in [6.45, 7) is 4.73. The number of thiazole rings is 1. The molecule has 0 bridgehead atoms. The van der Waals surface area contributed by atoms with Crippen LogP contribution in [0.5, 0.6) is 0 Å². The number of fused-ring (bicyclic) bond motifs is 1. The first-order valence-electron chi connectivity index (χ1n) is 6.77. The van der Waals surface area contributed by atoms with Crippen molar-refractivity contribution in [2.75, 3.05) is 7.05 Å². The minimum Gasteiger partial charge on any atom is -0.308 e. The Hall–Kier alpha value is -0.410. The molecule has 2 aliphatic carbocycles. The molecule has 1 atom stereocenters. The highest BCUT2D eigenvalue weighted by Gasteiger charge is 2.54. The summed E-state index contributed by atoms with van der Waals surface area (Å²) in [6, 6.07) is 0. The van der Waals surface area contributed by atoms with Gasteiger partial charge in [-0.05, 0) is 57.9 Å². The van der Waals surface area contributed by atoms with E-state index in [0.29, 0.717) is 5.41 Å². The Morgan fingerprint density at radius 3 is 2.59 bits per heavy atom. The smallest absolute Gasteiger partial charge is 0.114 e. The molecule has 3 heteroatoms. The van der Waals surface area contributed by atoms with Gasteiger partial charge in [0, 0.05) is 4.88 Å². The van der Waals surface area contributed by atoms with Crippen molar-refractivity contribution in [2.24, 2.45) is 5.41 Å². The summed E-state index contributed by atoms with van der Waals surface area (Å²) in [5, 5.41) is 4.88. The molecule has 2 nitrogen and oxygen atoms in total. The van der Waals surface area contributed by atoms with Crippen LogP contribution in [-0.4, -0.2) is 12.0 Å². The third kappa shape index (κ3) is 1.66. The van der Waals surface area contributed by atoms with Gasteiger partial charge in [0.05, 0.1) is 11.2 Å². The first kappa shape index (κ1) is 11.7. The minimum atomic E-state index is 0.0784. The Morgan fingerprint density at radius 2 is 2.00 bits per heavy atom. The van der Waals surface area contributed by atoms with Gasteiger partial charge in [-0.25, -0.2) is 4.98 Å². The van der Waals surface area contributed by atoms with Gasteiger partial charge in [0.25, 0.3) is 0 Å². The van der Waals surface area contributed by atoms with Crippen LogP contribution in [0.3, 0.4) is 0 Å². The van der Waals surface area contributed by atoms with E-state index in [-0.39, 0.29) is 5.54 Å². The van der Waals surface area contributed by atoms with E-state index < -0.39 is 0 Å². The lowest BCUT2D eigenvalue weighted by molar-refractivity contribution is 0.243. The van der Waals surface area contributed by atoms with Crippen LogP contribution in [0.1, 0.15) is 55.1 Å². The molecule has 94 valence electrons. The number of aromatic nitrogens is 1. The van der Waals surface area contributed by atoms with Crippen LogP contribution in [-0.2, 0) is 18.4 Å². The molecule has 1 aromatic rings. The maximum absolute atomic E-state index is 4.96. The molecule has 1 heterocycles. The monoisotopic (exact) mass is 250 g/mol. The second kappa shape index (κ2) is 3.79. The predicted molar refractivity (Wildman–Crippen MR) is 72.5 cm³/mol. The molecule has 1 aromatic heterocycles.